The molecule has 1 saturated heterocycles. The third kappa shape index (κ3) is 2.34. The fraction of sp³-hybridized carbons (Fsp3) is 0.364. The zero-order valence-corrected chi connectivity index (χ0v) is 9.04. The maximum atomic E-state index is 11.1. The van der Waals surface area contributed by atoms with Gasteiger partial charge < -0.3 is 14.7 Å². The molecule has 1 aliphatic heterocycles. The molecule has 0 saturated carbocycles. The highest BCUT2D eigenvalue weighted by Gasteiger charge is 2.29. The fourth-order valence-electron chi connectivity index (χ4n) is 1.78. The molecule has 0 aliphatic carbocycles. The van der Waals surface area contributed by atoms with Gasteiger partial charge in [0.2, 0.25) is 0 Å². The average Bonchev–Trinajstić information content (AvgIpc) is 2.39. The number of carboxylic acid groups (broad SMARTS) is 1. The van der Waals surface area contributed by atoms with E-state index in [0.29, 0.717) is 18.8 Å². The number of aliphatic carboxylic acids is 1. The first-order valence-electron chi connectivity index (χ1n) is 5.15. The van der Waals surface area contributed by atoms with Crippen LogP contribution in [0.5, 0.6) is 0 Å². The number of carboxylic acids is 1. The molecule has 2 heterocycles. The lowest BCUT2D eigenvalue weighted by molar-refractivity contribution is -0.141. The van der Waals surface area contributed by atoms with E-state index < -0.39 is 12.0 Å². The Labute approximate surface area is 98.1 Å². The van der Waals surface area contributed by atoms with Gasteiger partial charge in [-0.05, 0) is 12.1 Å². The predicted octanol–water partition coefficient (Wildman–Crippen LogP) is 0.243. The molecule has 6 nitrogen and oxygen atoms in total. The van der Waals surface area contributed by atoms with Crippen LogP contribution in [0.3, 0.4) is 0 Å². The van der Waals surface area contributed by atoms with Crippen LogP contribution in [0.4, 0.5) is 5.69 Å². The van der Waals surface area contributed by atoms with Crippen LogP contribution in [-0.4, -0.2) is 41.9 Å². The first-order valence-corrected chi connectivity index (χ1v) is 5.15. The second-order valence-electron chi connectivity index (χ2n) is 3.63. The summed E-state index contributed by atoms with van der Waals surface area (Å²) < 4.78 is 5.15. The monoisotopic (exact) mass is 233 g/mol. The Morgan fingerprint density at radius 3 is 3.24 bits per heavy atom. The molecule has 6 heteroatoms. The molecule has 1 aromatic rings. The largest absolute Gasteiger partial charge is 0.480 e. The summed E-state index contributed by atoms with van der Waals surface area (Å²) >= 11 is 0. The van der Waals surface area contributed by atoms with Crippen molar-refractivity contribution >= 4 is 11.7 Å². The zero-order chi connectivity index (χ0) is 12.3. The molecule has 1 atom stereocenters. The SMILES string of the molecule is N#Cc1cc(N2CCOCC2C(=O)O)ccn1. The summed E-state index contributed by atoms with van der Waals surface area (Å²) in [7, 11) is 0. The highest BCUT2D eigenvalue weighted by Crippen LogP contribution is 2.19. The molecule has 1 aliphatic rings. The van der Waals surface area contributed by atoms with Gasteiger partial charge in [0.15, 0.2) is 6.04 Å². The molecular formula is C11H11N3O3. The Kier molecular flexibility index (Phi) is 3.21. The van der Waals surface area contributed by atoms with Crippen molar-refractivity contribution in [3.05, 3.63) is 24.0 Å². The summed E-state index contributed by atoms with van der Waals surface area (Å²) in [4.78, 5) is 16.7. The standard InChI is InChI=1S/C11H11N3O3/c12-6-8-5-9(1-2-13-8)14-3-4-17-7-10(14)11(15)16/h1-2,5,10H,3-4,7H2,(H,15,16). The van der Waals surface area contributed by atoms with Gasteiger partial charge in [0.25, 0.3) is 0 Å². The van der Waals surface area contributed by atoms with Crippen molar-refractivity contribution in [1.82, 2.24) is 4.98 Å². The lowest BCUT2D eigenvalue weighted by Gasteiger charge is -2.34. The fourth-order valence-corrected chi connectivity index (χ4v) is 1.78. The van der Waals surface area contributed by atoms with Gasteiger partial charge in [-0.3, -0.25) is 0 Å². The number of aromatic nitrogens is 1. The van der Waals surface area contributed by atoms with Crippen molar-refractivity contribution in [2.24, 2.45) is 0 Å². The lowest BCUT2D eigenvalue weighted by atomic mass is 10.2. The van der Waals surface area contributed by atoms with Crippen LogP contribution in [0, 0.1) is 11.3 Å². The third-order valence-corrected chi connectivity index (χ3v) is 2.60. The summed E-state index contributed by atoms with van der Waals surface area (Å²) in [6, 6.07) is 4.50. The van der Waals surface area contributed by atoms with Crippen molar-refractivity contribution in [1.29, 1.82) is 5.26 Å². The van der Waals surface area contributed by atoms with Crippen molar-refractivity contribution in [2.45, 2.75) is 6.04 Å². The summed E-state index contributed by atoms with van der Waals surface area (Å²) in [6.45, 7) is 1.12. The molecule has 2 rings (SSSR count). The smallest absolute Gasteiger partial charge is 0.328 e. The number of hydrogen-bond acceptors (Lipinski definition) is 5. The van der Waals surface area contributed by atoms with E-state index in [1.165, 1.54) is 6.20 Å². The maximum Gasteiger partial charge on any atom is 0.328 e. The van der Waals surface area contributed by atoms with Crippen LogP contribution in [0.25, 0.3) is 0 Å². The topological polar surface area (TPSA) is 86.5 Å². The highest BCUT2D eigenvalue weighted by molar-refractivity contribution is 5.78. The van der Waals surface area contributed by atoms with Gasteiger partial charge in [-0.2, -0.15) is 5.26 Å². The number of carbonyl (C=O) groups is 1. The molecule has 88 valence electrons. The molecule has 1 unspecified atom stereocenters. The minimum absolute atomic E-state index is 0.152. The Hall–Kier alpha value is -2.13. The molecule has 17 heavy (non-hydrogen) atoms. The number of rotatable bonds is 2. The number of nitrogens with zero attached hydrogens (tertiary/aromatic N) is 3. The molecule has 0 spiro atoms. The second-order valence-corrected chi connectivity index (χ2v) is 3.63. The second kappa shape index (κ2) is 4.80. The quantitative estimate of drug-likeness (QED) is 0.787. The van der Waals surface area contributed by atoms with Crippen molar-refractivity contribution in [3.8, 4) is 6.07 Å². The van der Waals surface area contributed by atoms with E-state index in [2.05, 4.69) is 4.98 Å². The molecule has 1 fully saturated rings. The lowest BCUT2D eigenvalue weighted by Crippen LogP contribution is -2.50. The first kappa shape index (κ1) is 11.4. The molecular weight excluding hydrogens is 222 g/mol. The van der Waals surface area contributed by atoms with Gasteiger partial charge in [-0.25, -0.2) is 9.78 Å². The van der Waals surface area contributed by atoms with Crippen LogP contribution in [0.1, 0.15) is 5.69 Å². The summed E-state index contributed by atoms with van der Waals surface area (Å²) in [5.74, 6) is -0.931. The summed E-state index contributed by atoms with van der Waals surface area (Å²) in [5, 5.41) is 17.9. The van der Waals surface area contributed by atoms with Crippen LogP contribution in [-0.2, 0) is 9.53 Å². The van der Waals surface area contributed by atoms with Gasteiger partial charge in [0, 0.05) is 18.4 Å². The molecule has 1 aromatic heterocycles. The summed E-state index contributed by atoms with van der Waals surface area (Å²) in [6.07, 6.45) is 1.50. The molecule has 0 amide bonds. The van der Waals surface area contributed by atoms with Gasteiger partial charge in [-0.1, -0.05) is 0 Å². The van der Waals surface area contributed by atoms with Crippen LogP contribution in [0.2, 0.25) is 0 Å². The van der Waals surface area contributed by atoms with Crippen molar-refractivity contribution < 1.29 is 14.6 Å². The number of ether oxygens (including phenoxy) is 1. The van der Waals surface area contributed by atoms with E-state index in [4.69, 9.17) is 15.1 Å². The van der Waals surface area contributed by atoms with Crippen molar-refractivity contribution in [3.63, 3.8) is 0 Å². The summed E-state index contributed by atoms with van der Waals surface area (Å²) in [5.41, 5.74) is 0.963. The van der Waals surface area contributed by atoms with Crippen molar-refractivity contribution in [2.75, 3.05) is 24.7 Å². The molecule has 0 radical (unpaired) electrons. The van der Waals surface area contributed by atoms with Crippen LogP contribution >= 0.6 is 0 Å². The Bertz CT molecular complexity index is 469. The number of morpholine rings is 1. The van der Waals surface area contributed by atoms with E-state index in [1.54, 1.807) is 17.0 Å². The Morgan fingerprint density at radius 1 is 1.71 bits per heavy atom. The van der Waals surface area contributed by atoms with Gasteiger partial charge >= 0.3 is 5.97 Å². The number of nitriles is 1. The first-order chi connectivity index (χ1) is 8.22. The minimum Gasteiger partial charge on any atom is -0.480 e. The number of anilines is 1. The van der Waals surface area contributed by atoms with Gasteiger partial charge in [0.05, 0.1) is 13.2 Å². The van der Waals surface area contributed by atoms with E-state index in [1.807, 2.05) is 6.07 Å². The van der Waals surface area contributed by atoms with Crippen LogP contribution < -0.4 is 4.90 Å². The number of hydrogen-bond donors (Lipinski definition) is 1. The normalized spacial score (nSPS) is 19.7. The molecule has 0 aromatic carbocycles. The van der Waals surface area contributed by atoms with E-state index in [9.17, 15) is 4.79 Å². The zero-order valence-electron chi connectivity index (χ0n) is 9.04. The molecule has 1 N–H and O–H groups in total. The number of pyridine rings is 1. The van der Waals surface area contributed by atoms with E-state index >= 15 is 0 Å². The minimum atomic E-state index is -0.931. The average molecular weight is 233 g/mol. The highest BCUT2D eigenvalue weighted by atomic mass is 16.5. The van der Waals surface area contributed by atoms with Gasteiger partial charge in [-0.15, -0.1) is 0 Å². The predicted molar refractivity (Wildman–Crippen MR) is 58.5 cm³/mol. The van der Waals surface area contributed by atoms with Gasteiger partial charge in [0.1, 0.15) is 11.8 Å². The third-order valence-electron chi connectivity index (χ3n) is 2.60. The maximum absolute atomic E-state index is 11.1. The Morgan fingerprint density at radius 2 is 2.53 bits per heavy atom. The van der Waals surface area contributed by atoms with E-state index in [0.717, 1.165) is 0 Å². The van der Waals surface area contributed by atoms with E-state index in [-0.39, 0.29) is 12.3 Å². The van der Waals surface area contributed by atoms with Crippen LogP contribution in [0.15, 0.2) is 18.3 Å². The molecule has 0 bridgehead atoms. The Balaban J connectivity index is 2.29.